The topological polar surface area (TPSA) is 3.24 Å². The summed E-state index contributed by atoms with van der Waals surface area (Å²) in [4.78, 5) is 2.71. The quantitative estimate of drug-likeness (QED) is 0.0992. The minimum atomic E-state index is 1.25. The molecule has 0 aromatic heterocycles. The molecule has 0 aliphatic heterocycles. The van der Waals surface area contributed by atoms with Crippen molar-refractivity contribution < 1.29 is 0 Å². The van der Waals surface area contributed by atoms with E-state index in [0.717, 1.165) is 0 Å². The molecule has 0 saturated heterocycles. The van der Waals surface area contributed by atoms with E-state index in [1.54, 1.807) is 0 Å². The zero-order valence-electron chi connectivity index (χ0n) is 24.0. The second-order valence-electron chi connectivity index (χ2n) is 10.9. The van der Waals surface area contributed by atoms with Gasteiger partial charge in [-0.05, 0) is 32.5 Å². The molecular weight excluding hydrogens is 398 g/mol. The molecule has 0 aromatic carbocycles. The molecular formula is C32H67N. The number of rotatable bonds is 29. The van der Waals surface area contributed by atoms with Crippen LogP contribution in [0.2, 0.25) is 0 Å². The minimum Gasteiger partial charge on any atom is -0.304 e. The Hall–Kier alpha value is -0.0400. The zero-order chi connectivity index (χ0) is 24.1. The van der Waals surface area contributed by atoms with E-state index < -0.39 is 0 Å². The van der Waals surface area contributed by atoms with Gasteiger partial charge in [-0.25, -0.2) is 0 Å². The first-order valence-corrected chi connectivity index (χ1v) is 16.1. The van der Waals surface area contributed by atoms with E-state index in [0.29, 0.717) is 0 Å². The van der Waals surface area contributed by atoms with Gasteiger partial charge in [0.15, 0.2) is 0 Å². The molecule has 33 heavy (non-hydrogen) atoms. The molecule has 0 amide bonds. The second-order valence-corrected chi connectivity index (χ2v) is 10.9. The van der Waals surface area contributed by atoms with Gasteiger partial charge in [0.05, 0.1) is 0 Å². The van der Waals surface area contributed by atoms with E-state index in [2.05, 4.69) is 25.7 Å². The number of unbranched alkanes of at least 4 members (excludes halogenated alkanes) is 24. The van der Waals surface area contributed by atoms with Gasteiger partial charge in [-0.2, -0.15) is 0 Å². The van der Waals surface area contributed by atoms with Crippen LogP contribution in [-0.4, -0.2) is 24.5 Å². The summed E-state index contributed by atoms with van der Waals surface area (Å²) >= 11 is 0. The van der Waals surface area contributed by atoms with Gasteiger partial charge in [-0.1, -0.05) is 175 Å². The Bertz CT molecular complexity index is 296. The Kier molecular flexibility index (Phi) is 30.0. The third-order valence-corrected chi connectivity index (χ3v) is 7.60. The fourth-order valence-corrected chi connectivity index (χ4v) is 5.13. The van der Waals surface area contributed by atoms with E-state index in [1.807, 2.05) is 0 Å². The Morgan fingerprint density at radius 2 is 0.485 bits per heavy atom. The maximum absolute atomic E-state index is 2.71. The molecule has 0 fully saturated rings. The monoisotopic (exact) mass is 466 g/mol. The predicted octanol–water partition coefficient (Wildman–Crippen LogP) is 11.5. The first-order valence-electron chi connectivity index (χ1n) is 16.1. The van der Waals surface area contributed by atoms with Gasteiger partial charge in [-0.3, -0.25) is 0 Å². The van der Waals surface area contributed by atoms with Gasteiger partial charge in [0.2, 0.25) is 0 Å². The van der Waals surface area contributed by atoms with Crippen molar-refractivity contribution in [1.29, 1.82) is 0 Å². The molecule has 1 heteroatoms. The van der Waals surface area contributed by atoms with Crippen LogP contribution in [0.15, 0.2) is 0 Å². The standard InChI is InChI=1S/C32H67N/c1-4-7-9-11-13-15-17-19-21-23-25-27-29-31-33(6-3)32-30-28-26-24-22-20-18-16-14-12-10-8-5-2/h4-32H2,1-3H3. The van der Waals surface area contributed by atoms with E-state index in [9.17, 15) is 0 Å². The van der Waals surface area contributed by atoms with Gasteiger partial charge < -0.3 is 4.90 Å². The van der Waals surface area contributed by atoms with Crippen LogP contribution >= 0.6 is 0 Å². The molecule has 200 valence electrons. The first kappa shape index (κ1) is 33.0. The molecule has 0 rings (SSSR count). The molecule has 0 aromatic rings. The average Bonchev–Trinajstić information content (AvgIpc) is 2.83. The highest BCUT2D eigenvalue weighted by atomic mass is 15.1. The summed E-state index contributed by atoms with van der Waals surface area (Å²) in [7, 11) is 0. The molecule has 1 nitrogen and oxygen atoms in total. The van der Waals surface area contributed by atoms with Crippen molar-refractivity contribution in [1.82, 2.24) is 4.90 Å². The van der Waals surface area contributed by atoms with Gasteiger partial charge in [-0.15, -0.1) is 0 Å². The van der Waals surface area contributed by atoms with E-state index >= 15 is 0 Å². The van der Waals surface area contributed by atoms with Crippen molar-refractivity contribution in [2.75, 3.05) is 19.6 Å². The SMILES string of the molecule is CCCCCCCCCCCCCCCN(CC)CCCCCCCCCCCCCCC. The molecule has 0 bridgehead atoms. The molecule has 0 N–H and O–H groups in total. The van der Waals surface area contributed by atoms with E-state index in [-0.39, 0.29) is 0 Å². The van der Waals surface area contributed by atoms with Crippen molar-refractivity contribution in [2.45, 2.75) is 188 Å². The number of hydrogen-bond donors (Lipinski definition) is 0. The highest BCUT2D eigenvalue weighted by Crippen LogP contribution is 2.14. The lowest BCUT2D eigenvalue weighted by atomic mass is 10.0. The average molecular weight is 466 g/mol. The molecule has 0 aliphatic carbocycles. The molecule has 0 radical (unpaired) electrons. The van der Waals surface area contributed by atoms with Crippen LogP contribution in [0.3, 0.4) is 0 Å². The van der Waals surface area contributed by atoms with Crippen molar-refractivity contribution >= 4 is 0 Å². The number of hydrogen-bond acceptors (Lipinski definition) is 1. The minimum absolute atomic E-state index is 1.25. The smallest absolute Gasteiger partial charge is 0.00189 e. The van der Waals surface area contributed by atoms with Crippen LogP contribution in [0.4, 0.5) is 0 Å². The Morgan fingerprint density at radius 3 is 0.697 bits per heavy atom. The third kappa shape index (κ3) is 28.1. The van der Waals surface area contributed by atoms with Crippen LogP contribution in [-0.2, 0) is 0 Å². The fraction of sp³-hybridized carbons (Fsp3) is 1.00. The van der Waals surface area contributed by atoms with Gasteiger partial charge in [0.1, 0.15) is 0 Å². The second kappa shape index (κ2) is 30.0. The lowest BCUT2D eigenvalue weighted by Gasteiger charge is -2.20. The van der Waals surface area contributed by atoms with Crippen molar-refractivity contribution in [3.8, 4) is 0 Å². The summed E-state index contributed by atoms with van der Waals surface area (Å²) in [5.41, 5.74) is 0. The lowest BCUT2D eigenvalue weighted by Crippen LogP contribution is -2.25. The number of nitrogens with zero attached hydrogens (tertiary/aromatic N) is 1. The molecule has 0 aliphatic rings. The molecule has 0 spiro atoms. The van der Waals surface area contributed by atoms with Crippen LogP contribution in [0.25, 0.3) is 0 Å². The zero-order valence-corrected chi connectivity index (χ0v) is 24.0. The van der Waals surface area contributed by atoms with E-state index in [1.165, 1.54) is 187 Å². The summed E-state index contributed by atoms with van der Waals surface area (Å²) in [6.45, 7) is 10.9. The lowest BCUT2D eigenvalue weighted by molar-refractivity contribution is 0.273. The van der Waals surface area contributed by atoms with Crippen molar-refractivity contribution in [3.05, 3.63) is 0 Å². The summed E-state index contributed by atoms with van der Waals surface area (Å²) in [6, 6.07) is 0. The van der Waals surface area contributed by atoms with Crippen LogP contribution in [0, 0.1) is 0 Å². The maximum atomic E-state index is 2.71. The highest BCUT2D eigenvalue weighted by Gasteiger charge is 2.02. The maximum Gasteiger partial charge on any atom is -0.00189 e. The van der Waals surface area contributed by atoms with Gasteiger partial charge in [0.25, 0.3) is 0 Å². The largest absolute Gasteiger partial charge is 0.304 e. The molecule has 0 unspecified atom stereocenters. The van der Waals surface area contributed by atoms with Gasteiger partial charge >= 0.3 is 0 Å². The third-order valence-electron chi connectivity index (χ3n) is 7.60. The van der Waals surface area contributed by atoms with Crippen LogP contribution in [0.1, 0.15) is 188 Å². The van der Waals surface area contributed by atoms with Crippen molar-refractivity contribution in [2.24, 2.45) is 0 Å². The predicted molar refractivity (Wildman–Crippen MR) is 154 cm³/mol. The Labute approximate surface area is 212 Å². The fourth-order valence-electron chi connectivity index (χ4n) is 5.13. The Balaban J connectivity index is 3.26. The summed E-state index contributed by atoms with van der Waals surface area (Å²) < 4.78 is 0. The van der Waals surface area contributed by atoms with Crippen molar-refractivity contribution in [3.63, 3.8) is 0 Å². The highest BCUT2D eigenvalue weighted by molar-refractivity contribution is 4.58. The molecule has 0 atom stereocenters. The van der Waals surface area contributed by atoms with Crippen LogP contribution in [0.5, 0.6) is 0 Å². The first-order chi connectivity index (χ1) is 16.3. The Morgan fingerprint density at radius 1 is 0.273 bits per heavy atom. The molecule has 0 heterocycles. The summed E-state index contributed by atoms with van der Waals surface area (Å²) in [5, 5.41) is 0. The normalized spacial score (nSPS) is 11.6. The van der Waals surface area contributed by atoms with E-state index in [4.69, 9.17) is 0 Å². The van der Waals surface area contributed by atoms with Crippen LogP contribution < -0.4 is 0 Å². The summed E-state index contributed by atoms with van der Waals surface area (Å²) in [6.07, 6.45) is 37.9. The van der Waals surface area contributed by atoms with Gasteiger partial charge in [0, 0.05) is 0 Å². The molecule has 0 saturated carbocycles. The summed E-state index contributed by atoms with van der Waals surface area (Å²) in [5.74, 6) is 0.